The minimum absolute atomic E-state index is 0.358. The SMILES string of the molecule is N#CC=C[C@H]1CC[C@H](C=C[C@H]2CC[C@H](c3ccc(F)c(F)c3)CC2)CC1. The molecular weight excluding hydrogens is 328 g/mol. The number of benzene rings is 1. The lowest BCUT2D eigenvalue weighted by molar-refractivity contribution is 0.348. The lowest BCUT2D eigenvalue weighted by Gasteiger charge is -2.28. The maximum atomic E-state index is 13.4. The molecule has 0 heterocycles. The number of halogens is 2. The van der Waals surface area contributed by atoms with Gasteiger partial charge in [-0.15, -0.1) is 0 Å². The van der Waals surface area contributed by atoms with Crippen LogP contribution < -0.4 is 0 Å². The summed E-state index contributed by atoms with van der Waals surface area (Å²) >= 11 is 0. The Morgan fingerprint density at radius 3 is 1.85 bits per heavy atom. The molecule has 1 aromatic carbocycles. The van der Waals surface area contributed by atoms with Gasteiger partial charge in [-0.2, -0.15) is 5.26 Å². The zero-order valence-electron chi connectivity index (χ0n) is 15.2. The van der Waals surface area contributed by atoms with Crippen LogP contribution in [0.5, 0.6) is 0 Å². The van der Waals surface area contributed by atoms with Crippen LogP contribution in [0.15, 0.2) is 42.5 Å². The van der Waals surface area contributed by atoms with E-state index in [0.717, 1.165) is 31.2 Å². The predicted octanol–water partition coefficient (Wildman–Crippen LogP) is 6.68. The van der Waals surface area contributed by atoms with E-state index >= 15 is 0 Å². The smallest absolute Gasteiger partial charge is 0.159 e. The first-order chi connectivity index (χ1) is 12.7. The van der Waals surface area contributed by atoms with Gasteiger partial charge in [0, 0.05) is 6.08 Å². The van der Waals surface area contributed by atoms with Crippen LogP contribution in [0.4, 0.5) is 8.78 Å². The van der Waals surface area contributed by atoms with Crippen LogP contribution >= 0.6 is 0 Å². The summed E-state index contributed by atoms with van der Waals surface area (Å²) in [6.45, 7) is 0. The Balaban J connectivity index is 1.44. The van der Waals surface area contributed by atoms with Crippen molar-refractivity contribution in [2.45, 2.75) is 57.3 Å². The molecular formula is C23H27F2N. The van der Waals surface area contributed by atoms with Crippen molar-refractivity contribution in [3.8, 4) is 6.07 Å². The molecule has 2 saturated carbocycles. The minimum Gasteiger partial charge on any atom is -0.204 e. The molecule has 0 aromatic heterocycles. The van der Waals surface area contributed by atoms with E-state index in [1.54, 1.807) is 12.1 Å². The Bertz CT molecular complexity index is 685. The zero-order chi connectivity index (χ0) is 18.4. The van der Waals surface area contributed by atoms with Gasteiger partial charge in [0.25, 0.3) is 0 Å². The lowest BCUT2D eigenvalue weighted by Crippen LogP contribution is -2.14. The van der Waals surface area contributed by atoms with Gasteiger partial charge in [0.1, 0.15) is 0 Å². The van der Waals surface area contributed by atoms with E-state index in [1.165, 1.54) is 37.8 Å². The quantitative estimate of drug-likeness (QED) is 0.436. The number of hydrogen-bond acceptors (Lipinski definition) is 1. The molecule has 0 radical (unpaired) electrons. The van der Waals surface area contributed by atoms with Crippen LogP contribution in [-0.4, -0.2) is 0 Å². The summed E-state index contributed by atoms with van der Waals surface area (Å²) in [5.41, 5.74) is 0.940. The molecule has 0 N–H and O–H groups in total. The van der Waals surface area contributed by atoms with Crippen molar-refractivity contribution >= 4 is 0 Å². The summed E-state index contributed by atoms with van der Waals surface area (Å²) in [5.74, 6) is 0.731. The highest BCUT2D eigenvalue weighted by Crippen LogP contribution is 2.37. The molecule has 2 aliphatic rings. The van der Waals surface area contributed by atoms with Crippen LogP contribution in [-0.2, 0) is 0 Å². The fraction of sp³-hybridized carbons (Fsp3) is 0.522. The van der Waals surface area contributed by atoms with Gasteiger partial charge in [0.2, 0.25) is 0 Å². The fourth-order valence-corrected chi connectivity index (χ4v) is 4.43. The van der Waals surface area contributed by atoms with Crippen LogP contribution in [0.1, 0.15) is 62.8 Å². The van der Waals surface area contributed by atoms with Gasteiger partial charge >= 0.3 is 0 Å². The summed E-state index contributed by atoms with van der Waals surface area (Å²) in [7, 11) is 0. The molecule has 0 aliphatic heterocycles. The van der Waals surface area contributed by atoms with Crippen molar-refractivity contribution in [2.75, 3.05) is 0 Å². The Morgan fingerprint density at radius 2 is 1.31 bits per heavy atom. The van der Waals surface area contributed by atoms with E-state index in [-0.39, 0.29) is 0 Å². The highest BCUT2D eigenvalue weighted by atomic mass is 19.2. The first kappa shape index (κ1) is 18.8. The first-order valence-electron chi connectivity index (χ1n) is 9.85. The van der Waals surface area contributed by atoms with Crippen molar-refractivity contribution in [1.82, 2.24) is 0 Å². The molecule has 1 nitrogen and oxygen atoms in total. The van der Waals surface area contributed by atoms with E-state index in [4.69, 9.17) is 5.26 Å². The summed E-state index contributed by atoms with van der Waals surface area (Å²) < 4.78 is 26.5. The van der Waals surface area contributed by atoms with Gasteiger partial charge in [-0.05, 0) is 92.7 Å². The molecule has 138 valence electrons. The predicted molar refractivity (Wildman–Crippen MR) is 100 cm³/mol. The van der Waals surface area contributed by atoms with Crippen LogP contribution in [0.2, 0.25) is 0 Å². The Kier molecular flexibility index (Phi) is 6.61. The second-order valence-corrected chi connectivity index (χ2v) is 7.83. The molecule has 0 spiro atoms. The molecule has 0 saturated heterocycles. The van der Waals surface area contributed by atoms with Crippen molar-refractivity contribution < 1.29 is 8.78 Å². The van der Waals surface area contributed by atoms with E-state index in [0.29, 0.717) is 23.7 Å². The first-order valence-corrected chi connectivity index (χ1v) is 9.85. The van der Waals surface area contributed by atoms with Gasteiger partial charge in [-0.3, -0.25) is 0 Å². The maximum absolute atomic E-state index is 13.4. The summed E-state index contributed by atoms with van der Waals surface area (Å²) in [6.07, 6.45) is 17.6. The highest BCUT2D eigenvalue weighted by Gasteiger charge is 2.23. The highest BCUT2D eigenvalue weighted by molar-refractivity contribution is 5.22. The lowest BCUT2D eigenvalue weighted by atomic mass is 9.77. The van der Waals surface area contributed by atoms with Crippen molar-refractivity contribution in [1.29, 1.82) is 5.26 Å². The molecule has 26 heavy (non-hydrogen) atoms. The van der Waals surface area contributed by atoms with Crippen LogP contribution in [0, 0.1) is 40.7 Å². The average molecular weight is 355 g/mol. The second kappa shape index (κ2) is 9.12. The Morgan fingerprint density at radius 1 is 0.769 bits per heavy atom. The molecule has 2 aliphatic carbocycles. The van der Waals surface area contributed by atoms with Crippen molar-refractivity contribution in [3.05, 3.63) is 59.7 Å². The standard InChI is InChI=1S/C23H27F2N/c24-22-14-13-21(16-23(22)25)20-11-9-19(10-12-20)8-7-18-5-3-17(4-6-18)2-1-15-26/h1-2,7-8,13-14,16-20H,3-6,9-12H2/t17-,18-,19-,20-. The Hall–Kier alpha value is -1.95. The van der Waals surface area contributed by atoms with E-state index < -0.39 is 11.6 Å². The largest absolute Gasteiger partial charge is 0.204 e. The molecule has 1 aromatic rings. The topological polar surface area (TPSA) is 23.8 Å². The van der Waals surface area contributed by atoms with Gasteiger partial charge in [0.05, 0.1) is 6.07 Å². The third kappa shape index (κ3) is 5.04. The molecule has 0 bridgehead atoms. The zero-order valence-corrected chi connectivity index (χ0v) is 15.2. The third-order valence-corrected chi connectivity index (χ3v) is 6.10. The van der Waals surface area contributed by atoms with E-state index in [2.05, 4.69) is 24.3 Å². The second-order valence-electron chi connectivity index (χ2n) is 7.83. The third-order valence-electron chi connectivity index (χ3n) is 6.10. The summed E-state index contributed by atoms with van der Waals surface area (Å²) in [4.78, 5) is 0. The molecule has 3 heteroatoms. The number of allylic oxidation sites excluding steroid dienone is 4. The minimum atomic E-state index is -0.761. The maximum Gasteiger partial charge on any atom is 0.159 e. The Labute approximate surface area is 155 Å². The number of nitriles is 1. The molecule has 0 unspecified atom stereocenters. The van der Waals surface area contributed by atoms with Gasteiger partial charge in [0.15, 0.2) is 11.6 Å². The molecule has 3 rings (SSSR count). The summed E-state index contributed by atoms with van der Waals surface area (Å²) in [6, 6.07) is 6.44. The molecule has 2 fully saturated rings. The van der Waals surface area contributed by atoms with Gasteiger partial charge < -0.3 is 0 Å². The number of rotatable bonds is 4. The fourth-order valence-electron chi connectivity index (χ4n) is 4.43. The monoisotopic (exact) mass is 355 g/mol. The average Bonchev–Trinajstić information content (AvgIpc) is 2.68. The van der Waals surface area contributed by atoms with Crippen LogP contribution in [0.25, 0.3) is 0 Å². The molecule has 0 atom stereocenters. The van der Waals surface area contributed by atoms with Gasteiger partial charge in [-0.25, -0.2) is 8.78 Å². The number of nitrogens with zero attached hydrogens (tertiary/aromatic N) is 1. The normalized spacial score (nSPS) is 29.9. The van der Waals surface area contributed by atoms with E-state index in [9.17, 15) is 8.78 Å². The van der Waals surface area contributed by atoms with E-state index in [1.807, 2.05) is 0 Å². The van der Waals surface area contributed by atoms with Crippen molar-refractivity contribution in [3.63, 3.8) is 0 Å². The van der Waals surface area contributed by atoms with Gasteiger partial charge in [-0.1, -0.05) is 24.3 Å². The van der Waals surface area contributed by atoms with Crippen molar-refractivity contribution in [2.24, 2.45) is 17.8 Å². The summed E-state index contributed by atoms with van der Waals surface area (Å²) in [5, 5.41) is 8.61. The molecule has 0 amide bonds. The van der Waals surface area contributed by atoms with Crippen LogP contribution in [0.3, 0.4) is 0 Å². The number of hydrogen-bond donors (Lipinski definition) is 0.